The van der Waals surface area contributed by atoms with E-state index in [9.17, 15) is 0 Å². The van der Waals surface area contributed by atoms with Gasteiger partial charge in [-0.25, -0.2) is 4.98 Å². The molecule has 0 aliphatic rings. The van der Waals surface area contributed by atoms with Gasteiger partial charge in [0.1, 0.15) is 5.69 Å². The number of hydrogen-bond acceptors (Lipinski definition) is 2. The first-order valence-corrected chi connectivity index (χ1v) is 5.45. The van der Waals surface area contributed by atoms with Crippen molar-refractivity contribution in [2.45, 2.75) is 0 Å². The van der Waals surface area contributed by atoms with Gasteiger partial charge in [-0.2, -0.15) is 0 Å². The van der Waals surface area contributed by atoms with Gasteiger partial charge in [-0.3, -0.25) is 0 Å². The molecule has 1 aromatic heterocycles. The minimum atomic E-state index is 0.506. The second-order valence-corrected chi connectivity index (χ2v) is 3.71. The molecule has 0 spiro atoms. The third-order valence-electron chi connectivity index (χ3n) is 2.13. The van der Waals surface area contributed by atoms with Crippen LogP contribution < -0.4 is 4.74 Å². The van der Waals surface area contributed by atoms with Gasteiger partial charge in [-0.15, -0.1) is 0 Å². The summed E-state index contributed by atoms with van der Waals surface area (Å²) < 4.78 is 5.02. The maximum atomic E-state index is 6.00. The molecule has 84 valence electrons. The minimum Gasteiger partial charge on any atom is -0.481 e. The quantitative estimate of drug-likeness (QED) is 0.718. The normalized spacial score (nSPS) is 9.29. The molecule has 0 fully saturated rings. The fraction of sp³-hybridized carbons (Fsp3) is 0.0714. The molecule has 0 amide bonds. The first-order valence-electron chi connectivity index (χ1n) is 5.07. The van der Waals surface area contributed by atoms with E-state index in [0.717, 1.165) is 5.56 Å². The van der Waals surface area contributed by atoms with Crippen molar-refractivity contribution >= 4 is 11.6 Å². The standard InChI is InChI=1S/C14H10ClNO/c1-17-14-10-8-12(15)13(16-14)9-7-11-5-3-2-4-6-11/h2-6,8,10H,1H3. The molecule has 0 atom stereocenters. The molecule has 0 aliphatic carbocycles. The molecule has 17 heavy (non-hydrogen) atoms. The lowest BCUT2D eigenvalue weighted by molar-refractivity contribution is 0.397. The van der Waals surface area contributed by atoms with Gasteiger partial charge in [-0.1, -0.05) is 35.7 Å². The lowest BCUT2D eigenvalue weighted by atomic mass is 10.2. The lowest BCUT2D eigenvalue weighted by Crippen LogP contribution is -1.90. The average Bonchev–Trinajstić information content (AvgIpc) is 2.39. The van der Waals surface area contributed by atoms with Gasteiger partial charge in [0, 0.05) is 11.6 Å². The van der Waals surface area contributed by atoms with Crippen LogP contribution in [0.2, 0.25) is 5.02 Å². The smallest absolute Gasteiger partial charge is 0.214 e. The van der Waals surface area contributed by atoms with Crippen molar-refractivity contribution in [3.05, 3.63) is 58.7 Å². The largest absolute Gasteiger partial charge is 0.481 e. The van der Waals surface area contributed by atoms with Crippen molar-refractivity contribution in [2.24, 2.45) is 0 Å². The molecule has 0 unspecified atom stereocenters. The van der Waals surface area contributed by atoms with E-state index < -0.39 is 0 Å². The molecule has 0 N–H and O–H groups in total. The summed E-state index contributed by atoms with van der Waals surface area (Å²) in [5, 5.41) is 0.522. The Morgan fingerprint density at radius 3 is 2.53 bits per heavy atom. The van der Waals surface area contributed by atoms with Crippen molar-refractivity contribution in [2.75, 3.05) is 7.11 Å². The van der Waals surface area contributed by atoms with E-state index in [-0.39, 0.29) is 0 Å². The highest BCUT2D eigenvalue weighted by Crippen LogP contribution is 2.16. The predicted octanol–water partition coefficient (Wildman–Crippen LogP) is 3.14. The van der Waals surface area contributed by atoms with E-state index in [4.69, 9.17) is 16.3 Å². The van der Waals surface area contributed by atoms with Crippen molar-refractivity contribution in [3.8, 4) is 17.7 Å². The van der Waals surface area contributed by atoms with Gasteiger partial charge in [-0.05, 0) is 24.1 Å². The minimum absolute atomic E-state index is 0.506. The molecular weight excluding hydrogens is 234 g/mol. The third-order valence-corrected chi connectivity index (χ3v) is 2.43. The molecule has 1 aromatic carbocycles. The van der Waals surface area contributed by atoms with Crippen LogP contribution in [0.15, 0.2) is 42.5 Å². The number of benzene rings is 1. The van der Waals surface area contributed by atoms with Crippen molar-refractivity contribution in [3.63, 3.8) is 0 Å². The van der Waals surface area contributed by atoms with Crippen LogP contribution in [0, 0.1) is 11.8 Å². The Morgan fingerprint density at radius 1 is 1.06 bits per heavy atom. The monoisotopic (exact) mass is 243 g/mol. The highest BCUT2D eigenvalue weighted by molar-refractivity contribution is 6.31. The highest BCUT2D eigenvalue weighted by atomic mass is 35.5. The Bertz CT molecular complexity index is 570. The summed E-state index contributed by atoms with van der Waals surface area (Å²) in [7, 11) is 1.56. The van der Waals surface area contributed by atoms with Crippen molar-refractivity contribution in [1.82, 2.24) is 4.98 Å². The van der Waals surface area contributed by atoms with E-state index in [1.165, 1.54) is 0 Å². The Morgan fingerprint density at radius 2 is 1.82 bits per heavy atom. The number of ether oxygens (including phenoxy) is 1. The van der Waals surface area contributed by atoms with Crippen LogP contribution >= 0.6 is 11.6 Å². The number of nitrogens with zero attached hydrogens (tertiary/aromatic N) is 1. The summed E-state index contributed by atoms with van der Waals surface area (Å²) in [6.07, 6.45) is 0. The van der Waals surface area contributed by atoms with Gasteiger partial charge in [0.05, 0.1) is 12.1 Å². The van der Waals surface area contributed by atoms with Gasteiger partial charge < -0.3 is 4.74 Å². The van der Waals surface area contributed by atoms with E-state index in [1.54, 1.807) is 19.2 Å². The summed E-state index contributed by atoms with van der Waals surface area (Å²) in [5.74, 6) is 6.44. The third kappa shape index (κ3) is 2.99. The summed E-state index contributed by atoms with van der Waals surface area (Å²) in [6.45, 7) is 0. The van der Waals surface area contributed by atoms with Crippen LogP contribution in [0.25, 0.3) is 0 Å². The molecule has 2 nitrogen and oxygen atoms in total. The number of halogens is 1. The van der Waals surface area contributed by atoms with Crippen LogP contribution in [0.1, 0.15) is 11.3 Å². The van der Waals surface area contributed by atoms with E-state index in [0.29, 0.717) is 16.6 Å². The van der Waals surface area contributed by atoms with E-state index in [1.807, 2.05) is 30.3 Å². The van der Waals surface area contributed by atoms with Gasteiger partial charge in [0.2, 0.25) is 5.88 Å². The number of pyridine rings is 1. The van der Waals surface area contributed by atoms with E-state index in [2.05, 4.69) is 16.8 Å². The van der Waals surface area contributed by atoms with Gasteiger partial charge in [0.25, 0.3) is 0 Å². The molecule has 0 saturated carbocycles. The number of hydrogen-bond donors (Lipinski definition) is 0. The van der Waals surface area contributed by atoms with Crippen molar-refractivity contribution in [1.29, 1.82) is 0 Å². The summed E-state index contributed by atoms with van der Waals surface area (Å²) in [4.78, 5) is 4.18. The number of methoxy groups -OCH3 is 1. The second-order valence-electron chi connectivity index (χ2n) is 3.30. The molecule has 0 saturated heterocycles. The maximum Gasteiger partial charge on any atom is 0.214 e. The molecule has 0 radical (unpaired) electrons. The predicted molar refractivity (Wildman–Crippen MR) is 68.2 cm³/mol. The summed E-state index contributed by atoms with van der Waals surface area (Å²) in [6, 6.07) is 13.1. The maximum absolute atomic E-state index is 6.00. The number of aromatic nitrogens is 1. The Labute approximate surface area is 105 Å². The first-order chi connectivity index (χ1) is 8.29. The van der Waals surface area contributed by atoms with Crippen LogP contribution in [-0.2, 0) is 0 Å². The van der Waals surface area contributed by atoms with Gasteiger partial charge >= 0.3 is 0 Å². The Hall–Kier alpha value is -1.98. The molecule has 0 bridgehead atoms. The molecular formula is C14H10ClNO. The molecule has 2 rings (SSSR count). The Kier molecular flexibility index (Phi) is 3.64. The van der Waals surface area contributed by atoms with E-state index >= 15 is 0 Å². The lowest BCUT2D eigenvalue weighted by Gasteiger charge is -1.99. The molecule has 3 heteroatoms. The average molecular weight is 244 g/mol. The molecule has 1 heterocycles. The molecule has 0 aliphatic heterocycles. The number of rotatable bonds is 1. The van der Waals surface area contributed by atoms with Crippen LogP contribution in [0.4, 0.5) is 0 Å². The van der Waals surface area contributed by atoms with Crippen LogP contribution in [-0.4, -0.2) is 12.1 Å². The topological polar surface area (TPSA) is 22.1 Å². The summed E-state index contributed by atoms with van der Waals surface area (Å²) in [5.41, 5.74) is 1.45. The molecule has 2 aromatic rings. The fourth-order valence-electron chi connectivity index (χ4n) is 1.28. The Balaban J connectivity index is 2.33. The highest BCUT2D eigenvalue weighted by Gasteiger charge is 2.00. The summed E-state index contributed by atoms with van der Waals surface area (Å²) >= 11 is 6.00. The van der Waals surface area contributed by atoms with Crippen molar-refractivity contribution < 1.29 is 4.74 Å². The first kappa shape index (κ1) is 11.5. The zero-order valence-corrected chi connectivity index (χ0v) is 10.0. The van der Waals surface area contributed by atoms with Crippen LogP contribution in [0.3, 0.4) is 0 Å². The second kappa shape index (κ2) is 5.38. The fourth-order valence-corrected chi connectivity index (χ4v) is 1.43. The van der Waals surface area contributed by atoms with Crippen LogP contribution in [0.5, 0.6) is 5.88 Å². The van der Waals surface area contributed by atoms with Gasteiger partial charge in [0.15, 0.2) is 0 Å². The zero-order chi connectivity index (χ0) is 12.1. The SMILES string of the molecule is COc1ccc(Cl)c(C#Cc2ccccc2)n1. The zero-order valence-electron chi connectivity index (χ0n) is 9.27.